The molecule has 0 saturated heterocycles. The lowest BCUT2D eigenvalue weighted by molar-refractivity contribution is 0.508. The topological polar surface area (TPSA) is 30.1 Å². The average molecular weight is 226 g/mol. The van der Waals surface area contributed by atoms with Gasteiger partial charge in [0.05, 0.1) is 6.04 Å². The van der Waals surface area contributed by atoms with Crippen molar-refractivity contribution in [1.29, 1.82) is 0 Å². The predicted molar refractivity (Wildman–Crippen MR) is 68.4 cm³/mol. The Morgan fingerprint density at radius 1 is 1.12 bits per heavy atom. The van der Waals surface area contributed by atoms with Crippen molar-refractivity contribution in [3.8, 4) is 0 Å². The second-order valence-electron chi connectivity index (χ2n) is 4.13. The van der Waals surface area contributed by atoms with Crippen LogP contribution in [0.25, 0.3) is 11.0 Å². The van der Waals surface area contributed by atoms with Gasteiger partial charge in [0.2, 0.25) is 0 Å². The van der Waals surface area contributed by atoms with Crippen molar-refractivity contribution in [2.24, 2.45) is 0 Å². The van der Waals surface area contributed by atoms with Crippen LogP contribution in [0.2, 0.25) is 0 Å². The van der Waals surface area contributed by atoms with Crippen LogP contribution in [0.15, 0.2) is 59.3 Å². The van der Waals surface area contributed by atoms with E-state index in [1.54, 1.807) is 0 Å². The first kappa shape index (κ1) is 10.0. The molecule has 86 valence electrons. The zero-order valence-electron chi connectivity index (χ0n) is 9.63. The van der Waals surface area contributed by atoms with E-state index >= 15 is 0 Å². The van der Waals surface area contributed by atoms with Crippen molar-refractivity contribution in [3.63, 3.8) is 0 Å². The first-order chi connectivity index (χ1) is 8.33. The summed E-state index contributed by atoms with van der Waals surface area (Å²) in [5.41, 5.74) is 4.26. The van der Waals surface area contributed by atoms with Gasteiger partial charge in [-0.2, -0.15) is 0 Å². The summed E-state index contributed by atoms with van der Waals surface area (Å²) >= 11 is 0. The Kier molecular flexibility index (Phi) is 2.37. The Balaban J connectivity index is 1.88. The highest BCUT2D eigenvalue weighted by Gasteiger charge is 2.10. The van der Waals surface area contributed by atoms with Gasteiger partial charge in [-0.3, -0.25) is 4.68 Å². The second kappa shape index (κ2) is 4.01. The van der Waals surface area contributed by atoms with E-state index in [2.05, 4.69) is 24.5 Å². The van der Waals surface area contributed by atoms with Crippen LogP contribution in [0.5, 0.6) is 0 Å². The third kappa shape index (κ3) is 1.91. The Morgan fingerprint density at radius 2 is 1.88 bits per heavy atom. The minimum Gasteiger partial charge on any atom is -0.459 e. The molecule has 3 rings (SSSR count). The molecule has 0 saturated carbocycles. The van der Waals surface area contributed by atoms with Crippen LogP contribution in [0.1, 0.15) is 18.7 Å². The quantitative estimate of drug-likeness (QED) is 0.740. The molecule has 3 nitrogen and oxygen atoms in total. The molecular formula is C14H14N2O. The summed E-state index contributed by atoms with van der Waals surface area (Å²) in [6.45, 7) is 2.08. The normalized spacial score (nSPS) is 12.8. The number of furan rings is 1. The molecule has 1 atom stereocenters. The first-order valence-corrected chi connectivity index (χ1v) is 5.71. The number of aromatic nitrogens is 1. The van der Waals surface area contributed by atoms with Gasteiger partial charge in [-0.15, -0.1) is 0 Å². The summed E-state index contributed by atoms with van der Waals surface area (Å²) in [4.78, 5) is 0. The fraction of sp³-hybridized carbons (Fsp3) is 0.143. The number of nitrogens with one attached hydrogen (secondary N) is 1. The molecule has 0 amide bonds. The maximum atomic E-state index is 5.80. The van der Waals surface area contributed by atoms with Crippen molar-refractivity contribution < 1.29 is 4.42 Å². The van der Waals surface area contributed by atoms with Gasteiger partial charge in [0.15, 0.2) is 0 Å². The van der Waals surface area contributed by atoms with Crippen molar-refractivity contribution >= 4 is 11.0 Å². The van der Waals surface area contributed by atoms with E-state index in [-0.39, 0.29) is 6.04 Å². The van der Waals surface area contributed by atoms with Gasteiger partial charge in [0.1, 0.15) is 11.3 Å². The van der Waals surface area contributed by atoms with E-state index < -0.39 is 0 Å². The Hall–Kier alpha value is -2.16. The third-order valence-corrected chi connectivity index (χ3v) is 2.82. The van der Waals surface area contributed by atoms with Crippen molar-refractivity contribution in [2.75, 3.05) is 5.43 Å². The molecular weight excluding hydrogens is 212 g/mol. The van der Waals surface area contributed by atoms with Gasteiger partial charge in [-0.1, -0.05) is 18.2 Å². The Morgan fingerprint density at radius 3 is 2.65 bits per heavy atom. The minimum absolute atomic E-state index is 0.134. The lowest BCUT2D eigenvalue weighted by Crippen LogP contribution is -2.16. The van der Waals surface area contributed by atoms with Gasteiger partial charge < -0.3 is 9.84 Å². The zero-order valence-corrected chi connectivity index (χ0v) is 9.63. The van der Waals surface area contributed by atoms with Crippen molar-refractivity contribution in [3.05, 3.63) is 60.6 Å². The molecule has 1 unspecified atom stereocenters. The Bertz CT molecular complexity index is 577. The predicted octanol–water partition coefficient (Wildman–Crippen LogP) is 3.54. The number of fused-ring (bicyclic) bond motifs is 1. The van der Waals surface area contributed by atoms with Crippen LogP contribution >= 0.6 is 0 Å². The summed E-state index contributed by atoms with van der Waals surface area (Å²) in [5, 5.41) is 1.14. The standard InChI is InChI=1S/C14H14N2O/c1-11(15-16-8-4-5-9-16)14-10-12-6-2-3-7-13(12)17-14/h2-11,15H,1H3. The van der Waals surface area contributed by atoms with Gasteiger partial charge >= 0.3 is 0 Å². The molecule has 0 radical (unpaired) electrons. The van der Waals surface area contributed by atoms with Crippen LogP contribution < -0.4 is 5.43 Å². The first-order valence-electron chi connectivity index (χ1n) is 5.71. The second-order valence-corrected chi connectivity index (χ2v) is 4.13. The smallest absolute Gasteiger partial charge is 0.134 e. The molecule has 3 aromatic rings. The molecule has 2 heterocycles. The van der Waals surface area contributed by atoms with E-state index in [1.807, 2.05) is 47.4 Å². The number of benzene rings is 1. The molecule has 1 N–H and O–H groups in total. The molecule has 3 heteroatoms. The zero-order chi connectivity index (χ0) is 11.7. The highest BCUT2D eigenvalue weighted by Crippen LogP contribution is 2.23. The van der Waals surface area contributed by atoms with Crippen molar-refractivity contribution in [2.45, 2.75) is 13.0 Å². The van der Waals surface area contributed by atoms with Crippen LogP contribution in [-0.2, 0) is 0 Å². The monoisotopic (exact) mass is 226 g/mol. The SMILES string of the molecule is CC(Nn1cccc1)c1cc2ccccc2o1. The van der Waals surface area contributed by atoms with Crippen LogP contribution in [0, 0.1) is 0 Å². The van der Waals surface area contributed by atoms with Gasteiger partial charge in [-0.05, 0) is 31.2 Å². The van der Waals surface area contributed by atoms with E-state index in [4.69, 9.17) is 4.42 Å². The molecule has 17 heavy (non-hydrogen) atoms. The van der Waals surface area contributed by atoms with Gasteiger partial charge in [0, 0.05) is 17.8 Å². The largest absolute Gasteiger partial charge is 0.459 e. The molecule has 0 spiro atoms. The van der Waals surface area contributed by atoms with E-state index in [0.29, 0.717) is 0 Å². The third-order valence-electron chi connectivity index (χ3n) is 2.82. The molecule has 0 aliphatic rings. The summed E-state index contributed by atoms with van der Waals surface area (Å²) in [7, 11) is 0. The van der Waals surface area contributed by atoms with E-state index in [9.17, 15) is 0 Å². The molecule has 0 fully saturated rings. The molecule has 2 aromatic heterocycles. The maximum absolute atomic E-state index is 5.80. The number of hydrogen-bond donors (Lipinski definition) is 1. The van der Waals surface area contributed by atoms with Crippen LogP contribution in [-0.4, -0.2) is 4.68 Å². The van der Waals surface area contributed by atoms with Crippen LogP contribution in [0.3, 0.4) is 0 Å². The summed E-state index contributed by atoms with van der Waals surface area (Å²) in [6.07, 6.45) is 3.94. The van der Waals surface area contributed by atoms with Gasteiger partial charge in [-0.25, -0.2) is 0 Å². The van der Waals surface area contributed by atoms with Crippen LogP contribution in [0.4, 0.5) is 0 Å². The number of hydrogen-bond acceptors (Lipinski definition) is 2. The lowest BCUT2D eigenvalue weighted by Gasteiger charge is -2.13. The highest BCUT2D eigenvalue weighted by atomic mass is 16.3. The lowest BCUT2D eigenvalue weighted by atomic mass is 10.2. The van der Waals surface area contributed by atoms with Gasteiger partial charge in [0.25, 0.3) is 0 Å². The fourth-order valence-electron chi connectivity index (χ4n) is 1.92. The Labute approximate surface area is 99.6 Å². The molecule has 1 aromatic carbocycles. The number of rotatable bonds is 3. The highest BCUT2D eigenvalue weighted by molar-refractivity contribution is 5.77. The molecule has 0 aliphatic carbocycles. The maximum Gasteiger partial charge on any atom is 0.134 e. The number of para-hydroxylation sites is 1. The van der Waals surface area contributed by atoms with E-state index in [1.165, 1.54) is 0 Å². The molecule has 0 aliphatic heterocycles. The van der Waals surface area contributed by atoms with Crippen molar-refractivity contribution in [1.82, 2.24) is 4.68 Å². The minimum atomic E-state index is 0.134. The average Bonchev–Trinajstić information content (AvgIpc) is 2.96. The summed E-state index contributed by atoms with van der Waals surface area (Å²) in [5.74, 6) is 0.944. The summed E-state index contributed by atoms with van der Waals surface area (Å²) in [6, 6.07) is 14.2. The number of nitrogens with zero attached hydrogens (tertiary/aromatic N) is 1. The summed E-state index contributed by atoms with van der Waals surface area (Å²) < 4.78 is 7.73. The molecule has 0 bridgehead atoms. The van der Waals surface area contributed by atoms with E-state index in [0.717, 1.165) is 16.7 Å². The fourth-order valence-corrected chi connectivity index (χ4v) is 1.92.